The maximum Gasteiger partial charge on any atom is 0.242 e. The van der Waals surface area contributed by atoms with Gasteiger partial charge in [0.15, 0.2) is 0 Å². The number of nitrogens with one attached hydrogen (secondary N) is 1. The Morgan fingerprint density at radius 2 is 1.89 bits per heavy atom. The van der Waals surface area contributed by atoms with Crippen molar-refractivity contribution in [3.05, 3.63) is 35.9 Å². The monoisotopic (exact) mass is 262 g/mol. The Bertz CT molecular complexity index is 417. The van der Waals surface area contributed by atoms with Crippen LogP contribution in [0.3, 0.4) is 0 Å². The Kier molecular flexibility index (Phi) is 6.06. The van der Waals surface area contributed by atoms with Crippen LogP contribution in [0.2, 0.25) is 0 Å². The first-order chi connectivity index (χ1) is 9.06. The molecule has 0 saturated heterocycles. The molecule has 0 aliphatic rings. The molecule has 0 radical (unpaired) electrons. The molecule has 0 spiro atoms. The molecule has 0 fully saturated rings. The third-order valence-electron chi connectivity index (χ3n) is 3.00. The topological polar surface area (TPSA) is 49.4 Å². The molecule has 19 heavy (non-hydrogen) atoms. The van der Waals surface area contributed by atoms with Gasteiger partial charge in [-0.15, -0.1) is 0 Å². The first-order valence-electron chi connectivity index (χ1n) is 6.65. The normalized spacial score (nSPS) is 11.7. The zero-order valence-electron chi connectivity index (χ0n) is 11.8. The van der Waals surface area contributed by atoms with Crippen LogP contribution in [-0.4, -0.2) is 29.3 Å². The van der Waals surface area contributed by atoms with E-state index in [0.29, 0.717) is 13.1 Å². The van der Waals surface area contributed by atoms with E-state index in [2.05, 4.69) is 5.32 Å². The van der Waals surface area contributed by atoms with Gasteiger partial charge in [-0.1, -0.05) is 37.3 Å². The van der Waals surface area contributed by atoms with Crippen LogP contribution in [0.5, 0.6) is 0 Å². The lowest BCUT2D eigenvalue weighted by atomic mass is 10.1. The van der Waals surface area contributed by atoms with Crippen molar-refractivity contribution in [3.8, 4) is 0 Å². The lowest BCUT2D eigenvalue weighted by Gasteiger charge is -2.27. The summed E-state index contributed by atoms with van der Waals surface area (Å²) in [6, 6.07) is 9.23. The van der Waals surface area contributed by atoms with Gasteiger partial charge in [0, 0.05) is 20.0 Å². The molecule has 0 aliphatic carbocycles. The third kappa shape index (κ3) is 4.73. The third-order valence-corrected chi connectivity index (χ3v) is 3.00. The van der Waals surface area contributed by atoms with Crippen LogP contribution < -0.4 is 5.32 Å². The van der Waals surface area contributed by atoms with E-state index in [1.54, 1.807) is 11.8 Å². The summed E-state index contributed by atoms with van der Waals surface area (Å²) in [5, 5.41) is 2.82. The predicted octanol–water partition coefficient (Wildman–Crippen LogP) is 1.95. The summed E-state index contributed by atoms with van der Waals surface area (Å²) in [6.45, 7) is 6.34. The van der Waals surface area contributed by atoms with Gasteiger partial charge < -0.3 is 10.2 Å². The molecule has 0 aliphatic heterocycles. The summed E-state index contributed by atoms with van der Waals surface area (Å²) in [5.41, 5.74) is 1.02. The van der Waals surface area contributed by atoms with Gasteiger partial charge in [0.1, 0.15) is 6.04 Å². The zero-order chi connectivity index (χ0) is 14.3. The highest BCUT2D eigenvalue weighted by atomic mass is 16.2. The lowest BCUT2D eigenvalue weighted by molar-refractivity contribution is -0.138. The van der Waals surface area contributed by atoms with E-state index < -0.39 is 6.04 Å². The highest BCUT2D eigenvalue weighted by Crippen LogP contribution is 2.09. The second-order valence-corrected chi connectivity index (χ2v) is 4.60. The lowest BCUT2D eigenvalue weighted by Crippen LogP contribution is -2.46. The molecule has 1 atom stereocenters. The summed E-state index contributed by atoms with van der Waals surface area (Å²) >= 11 is 0. The molecular weight excluding hydrogens is 240 g/mol. The van der Waals surface area contributed by atoms with Crippen molar-refractivity contribution in [3.63, 3.8) is 0 Å². The van der Waals surface area contributed by atoms with E-state index in [-0.39, 0.29) is 11.8 Å². The number of carbonyl (C=O) groups is 2. The van der Waals surface area contributed by atoms with E-state index in [4.69, 9.17) is 0 Å². The summed E-state index contributed by atoms with van der Waals surface area (Å²) in [7, 11) is 0. The van der Waals surface area contributed by atoms with Crippen molar-refractivity contribution >= 4 is 11.8 Å². The molecule has 0 aromatic heterocycles. The Morgan fingerprint density at radius 1 is 1.26 bits per heavy atom. The van der Waals surface area contributed by atoms with Crippen LogP contribution in [0, 0.1) is 0 Å². The van der Waals surface area contributed by atoms with Gasteiger partial charge in [-0.25, -0.2) is 0 Å². The Morgan fingerprint density at radius 3 is 2.42 bits per heavy atom. The number of hydrogen-bond donors (Lipinski definition) is 1. The van der Waals surface area contributed by atoms with Crippen molar-refractivity contribution in [1.82, 2.24) is 10.2 Å². The van der Waals surface area contributed by atoms with Crippen LogP contribution in [0.25, 0.3) is 0 Å². The maximum absolute atomic E-state index is 11.9. The molecule has 104 valence electrons. The molecule has 0 heterocycles. The predicted molar refractivity (Wildman–Crippen MR) is 75.4 cm³/mol. The van der Waals surface area contributed by atoms with E-state index in [0.717, 1.165) is 12.0 Å². The minimum Gasteiger partial charge on any atom is -0.354 e. The van der Waals surface area contributed by atoms with Gasteiger partial charge in [-0.05, 0) is 18.9 Å². The van der Waals surface area contributed by atoms with Gasteiger partial charge in [0.2, 0.25) is 11.8 Å². The zero-order valence-corrected chi connectivity index (χ0v) is 11.8. The van der Waals surface area contributed by atoms with Gasteiger partial charge in [0.05, 0.1) is 0 Å². The quantitative estimate of drug-likeness (QED) is 0.852. The standard InChI is InChI=1S/C15H22N2O2/c1-4-10-16-15(19)12(2)17(13(3)18)11-14-8-6-5-7-9-14/h5-9,12H,4,10-11H2,1-3H3,(H,16,19)/t12-/m1/s1. The van der Waals surface area contributed by atoms with Crippen molar-refractivity contribution in [2.45, 2.75) is 39.8 Å². The first-order valence-corrected chi connectivity index (χ1v) is 6.65. The number of carbonyl (C=O) groups excluding carboxylic acids is 2. The smallest absolute Gasteiger partial charge is 0.242 e. The Balaban J connectivity index is 2.72. The molecule has 0 unspecified atom stereocenters. The fourth-order valence-corrected chi connectivity index (χ4v) is 1.84. The van der Waals surface area contributed by atoms with E-state index in [9.17, 15) is 9.59 Å². The van der Waals surface area contributed by atoms with Crippen LogP contribution in [0.4, 0.5) is 0 Å². The van der Waals surface area contributed by atoms with Crippen molar-refractivity contribution < 1.29 is 9.59 Å². The maximum atomic E-state index is 11.9. The largest absolute Gasteiger partial charge is 0.354 e. The van der Waals surface area contributed by atoms with Crippen molar-refractivity contribution in [2.75, 3.05) is 6.54 Å². The van der Waals surface area contributed by atoms with E-state index in [1.807, 2.05) is 37.3 Å². The average molecular weight is 262 g/mol. The fourth-order valence-electron chi connectivity index (χ4n) is 1.84. The fraction of sp³-hybridized carbons (Fsp3) is 0.467. The van der Waals surface area contributed by atoms with Crippen molar-refractivity contribution in [1.29, 1.82) is 0 Å². The molecule has 1 N–H and O–H groups in total. The second kappa shape index (κ2) is 7.56. The SMILES string of the molecule is CCCNC(=O)[C@@H](C)N(Cc1ccccc1)C(C)=O. The number of rotatable bonds is 6. The van der Waals surface area contributed by atoms with Crippen LogP contribution in [0.1, 0.15) is 32.8 Å². The second-order valence-electron chi connectivity index (χ2n) is 4.60. The van der Waals surface area contributed by atoms with Crippen LogP contribution in [0.15, 0.2) is 30.3 Å². The molecule has 0 saturated carbocycles. The van der Waals surface area contributed by atoms with E-state index >= 15 is 0 Å². The van der Waals surface area contributed by atoms with E-state index in [1.165, 1.54) is 6.92 Å². The van der Waals surface area contributed by atoms with Gasteiger partial charge in [-0.3, -0.25) is 9.59 Å². The number of nitrogens with zero attached hydrogens (tertiary/aromatic N) is 1. The average Bonchev–Trinajstić information content (AvgIpc) is 2.42. The highest BCUT2D eigenvalue weighted by Gasteiger charge is 2.23. The molecule has 4 nitrogen and oxygen atoms in total. The molecular formula is C15H22N2O2. The van der Waals surface area contributed by atoms with Gasteiger partial charge in [0.25, 0.3) is 0 Å². The molecule has 1 aromatic carbocycles. The summed E-state index contributed by atoms with van der Waals surface area (Å²) in [5.74, 6) is -0.198. The molecule has 1 aromatic rings. The minimum absolute atomic E-state index is 0.0944. The number of hydrogen-bond acceptors (Lipinski definition) is 2. The van der Waals surface area contributed by atoms with Crippen LogP contribution in [-0.2, 0) is 16.1 Å². The summed E-state index contributed by atoms with van der Waals surface area (Å²) < 4.78 is 0. The Hall–Kier alpha value is -1.84. The highest BCUT2D eigenvalue weighted by molar-refractivity contribution is 5.86. The van der Waals surface area contributed by atoms with Gasteiger partial charge in [-0.2, -0.15) is 0 Å². The molecule has 0 bridgehead atoms. The molecule has 4 heteroatoms. The first kappa shape index (κ1) is 15.2. The molecule has 1 rings (SSSR count). The summed E-state index contributed by atoms with van der Waals surface area (Å²) in [4.78, 5) is 25.2. The number of benzene rings is 1. The number of amides is 2. The van der Waals surface area contributed by atoms with Gasteiger partial charge >= 0.3 is 0 Å². The van der Waals surface area contributed by atoms with Crippen LogP contribution >= 0.6 is 0 Å². The molecule has 2 amide bonds. The Labute approximate surface area is 114 Å². The van der Waals surface area contributed by atoms with Crippen molar-refractivity contribution in [2.24, 2.45) is 0 Å². The summed E-state index contributed by atoms with van der Waals surface area (Å²) in [6.07, 6.45) is 0.886. The minimum atomic E-state index is -0.454.